The largest absolute Gasteiger partial charge is 0.462 e. The van der Waals surface area contributed by atoms with Crippen LogP contribution in [0.3, 0.4) is 0 Å². The van der Waals surface area contributed by atoms with Crippen molar-refractivity contribution in [2.45, 2.75) is 32.2 Å². The molecule has 130 valence electrons. The number of esters is 1. The number of ether oxygens (including phenoxy) is 1. The van der Waals surface area contributed by atoms with Gasteiger partial charge in [-0.25, -0.2) is 13.2 Å². The predicted octanol–water partition coefficient (Wildman–Crippen LogP) is 2.32. The second-order valence-electron chi connectivity index (χ2n) is 5.74. The molecule has 0 spiro atoms. The van der Waals surface area contributed by atoms with Crippen LogP contribution in [-0.4, -0.2) is 31.8 Å². The number of hydrogen-bond donors (Lipinski definition) is 1. The molecule has 0 unspecified atom stereocenters. The Morgan fingerprint density at radius 3 is 2.46 bits per heavy atom. The number of anilines is 1. The Labute approximate surface area is 142 Å². The molecule has 0 bridgehead atoms. The summed E-state index contributed by atoms with van der Waals surface area (Å²) in [6.45, 7) is 6.16. The van der Waals surface area contributed by atoms with Crippen molar-refractivity contribution in [3.05, 3.63) is 46.6 Å². The number of nitrogen functional groups attached to an aromatic ring is 1. The molecule has 0 fully saturated rings. The first-order valence-corrected chi connectivity index (χ1v) is 9.46. The summed E-state index contributed by atoms with van der Waals surface area (Å²) in [7, 11) is -3.24. The van der Waals surface area contributed by atoms with Crippen molar-refractivity contribution in [3.8, 4) is 0 Å². The van der Waals surface area contributed by atoms with Gasteiger partial charge in [0.15, 0.2) is 9.84 Å². The number of sulfone groups is 1. The summed E-state index contributed by atoms with van der Waals surface area (Å²) in [6, 6.07) is 6.60. The van der Waals surface area contributed by atoms with Gasteiger partial charge < -0.3 is 15.0 Å². The van der Waals surface area contributed by atoms with Gasteiger partial charge in [0.2, 0.25) is 0 Å². The smallest absolute Gasteiger partial charge is 0.340 e. The third-order valence-electron chi connectivity index (χ3n) is 3.96. The van der Waals surface area contributed by atoms with Crippen LogP contribution in [-0.2, 0) is 21.1 Å². The summed E-state index contributed by atoms with van der Waals surface area (Å²) < 4.78 is 30.1. The number of carbonyl (C=O) groups is 1. The van der Waals surface area contributed by atoms with E-state index in [1.165, 1.54) is 6.26 Å². The maximum atomic E-state index is 11.9. The van der Waals surface area contributed by atoms with Crippen LogP contribution in [0.15, 0.2) is 29.2 Å². The number of nitrogens with two attached hydrogens (primary N) is 1. The summed E-state index contributed by atoms with van der Waals surface area (Å²) in [5.74, 6) is 0.0618. The lowest BCUT2D eigenvalue weighted by Crippen LogP contribution is -2.10. The highest BCUT2D eigenvalue weighted by Crippen LogP contribution is 2.22. The average Bonchev–Trinajstić information content (AvgIpc) is 2.76. The second-order valence-corrected chi connectivity index (χ2v) is 7.75. The lowest BCUT2D eigenvalue weighted by Gasteiger charge is -2.13. The van der Waals surface area contributed by atoms with Crippen molar-refractivity contribution in [3.63, 3.8) is 0 Å². The molecule has 1 heterocycles. The van der Waals surface area contributed by atoms with Crippen molar-refractivity contribution in [2.75, 3.05) is 18.6 Å². The fourth-order valence-electron chi connectivity index (χ4n) is 2.54. The maximum Gasteiger partial charge on any atom is 0.340 e. The fourth-order valence-corrected chi connectivity index (χ4v) is 3.25. The predicted molar refractivity (Wildman–Crippen MR) is 92.9 cm³/mol. The first-order chi connectivity index (χ1) is 11.1. The Morgan fingerprint density at radius 1 is 1.25 bits per heavy atom. The molecule has 0 saturated carbocycles. The van der Waals surface area contributed by atoms with E-state index in [9.17, 15) is 13.2 Å². The van der Waals surface area contributed by atoms with Crippen LogP contribution in [0.4, 0.5) is 5.82 Å². The minimum absolute atomic E-state index is 0.285. The first-order valence-electron chi connectivity index (χ1n) is 7.57. The average molecular weight is 350 g/mol. The van der Waals surface area contributed by atoms with Crippen molar-refractivity contribution in [1.82, 2.24) is 4.57 Å². The van der Waals surface area contributed by atoms with Gasteiger partial charge in [0.1, 0.15) is 5.82 Å². The van der Waals surface area contributed by atoms with Gasteiger partial charge in [-0.2, -0.15) is 0 Å². The quantitative estimate of drug-likeness (QED) is 0.836. The molecule has 0 amide bonds. The van der Waals surface area contributed by atoms with Crippen LogP contribution in [0, 0.1) is 13.8 Å². The fraction of sp³-hybridized carbons (Fsp3) is 0.353. The summed E-state index contributed by atoms with van der Waals surface area (Å²) in [5, 5.41) is 0. The van der Waals surface area contributed by atoms with E-state index in [0.29, 0.717) is 24.5 Å². The van der Waals surface area contributed by atoms with Crippen LogP contribution in [0.1, 0.15) is 34.1 Å². The monoisotopic (exact) mass is 350 g/mol. The lowest BCUT2D eigenvalue weighted by atomic mass is 10.1. The molecular weight excluding hydrogens is 328 g/mol. The minimum atomic E-state index is -3.24. The van der Waals surface area contributed by atoms with Crippen LogP contribution in [0.25, 0.3) is 0 Å². The van der Waals surface area contributed by atoms with E-state index in [2.05, 4.69) is 0 Å². The zero-order valence-corrected chi connectivity index (χ0v) is 15.1. The Kier molecular flexibility index (Phi) is 5.03. The number of nitrogens with zero attached hydrogens (tertiary/aromatic N) is 1. The molecule has 24 heavy (non-hydrogen) atoms. The van der Waals surface area contributed by atoms with Gasteiger partial charge in [-0.05, 0) is 50.1 Å². The van der Waals surface area contributed by atoms with E-state index in [-0.39, 0.29) is 4.90 Å². The number of aromatic nitrogens is 1. The molecule has 1 aromatic carbocycles. The highest BCUT2D eigenvalue weighted by atomic mass is 32.2. The van der Waals surface area contributed by atoms with Crippen LogP contribution in [0.5, 0.6) is 0 Å². The normalized spacial score (nSPS) is 11.5. The number of hydrogen-bond acceptors (Lipinski definition) is 5. The number of carbonyl (C=O) groups excluding carboxylic acids is 1. The summed E-state index contributed by atoms with van der Waals surface area (Å²) in [6.07, 6.45) is 1.18. The maximum absolute atomic E-state index is 11.9. The molecule has 7 heteroatoms. The SMILES string of the molecule is CCOC(=O)c1cc(N)n(Cc2ccc(S(C)(=O)=O)cc2C)c1C. The van der Waals surface area contributed by atoms with Gasteiger partial charge in [0.05, 0.1) is 17.1 Å². The van der Waals surface area contributed by atoms with Crippen LogP contribution >= 0.6 is 0 Å². The van der Waals surface area contributed by atoms with E-state index in [4.69, 9.17) is 10.5 Å². The molecule has 0 radical (unpaired) electrons. The highest BCUT2D eigenvalue weighted by molar-refractivity contribution is 7.90. The standard InChI is InChI=1S/C17H22N2O4S/c1-5-23-17(20)15-9-16(18)19(12(15)3)10-13-6-7-14(8-11(13)2)24(4,21)22/h6-9H,5,10,18H2,1-4H3. The Morgan fingerprint density at radius 2 is 1.92 bits per heavy atom. The van der Waals surface area contributed by atoms with E-state index in [0.717, 1.165) is 16.8 Å². The zero-order chi connectivity index (χ0) is 18.1. The summed E-state index contributed by atoms with van der Waals surface area (Å²) in [5.41, 5.74) is 8.98. The first kappa shape index (κ1) is 18.1. The van der Waals surface area contributed by atoms with E-state index in [1.807, 2.05) is 18.4 Å². The molecule has 0 atom stereocenters. The molecule has 0 aliphatic carbocycles. The van der Waals surface area contributed by atoms with Crippen LogP contribution in [0.2, 0.25) is 0 Å². The minimum Gasteiger partial charge on any atom is -0.462 e. The number of benzene rings is 1. The third kappa shape index (κ3) is 3.62. The second kappa shape index (κ2) is 6.68. The Bertz CT molecular complexity index is 882. The van der Waals surface area contributed by atoms with Crippen molar-refractivity contribution in [2.24, 2.45) is 0 Å². The van der Waals surface area contributed by atoms with E-state index in [1.54, 1.807) is 31.2 Å². The molecule has 2 aromatic rings. The van der Waals surface area contributed by atoms with Crippen LogP contribution < -0.4 is 5.73 Å². The number of aryl methyl sites for hydroxylation is 1. The van der Waals surface area contributed by atoms with E-state index < -0.39 is 15.8 Å². The van der Waals surface area contributed by atoms with Gasteiger partial charge in [-0.1, -0.05) is 6.07 Å². The van der Waals surface area contributed by atoms with Crippen molar-refractivity contribution >= 4 is 21.6 Å². The molecule has 1 aromatic heterocycles. The molecule has 2 rings (SSSR count). The van der Waals surface area contributed by atoms with Gasteiger partial charge in [0, 0.05) is 18.5 Å². The lowest BCUT2D eigenvalue weighted by molar-refractivity contribution is 0.0525. The topological polar surface area (TPSA) is 91.4 Å². The molecule has 0 aliphatic heterocycles. The molecule has 6 nitrogen and oxygen atoms in total. The molecule has 0 aliphatic rings. The van der Waals surface area contributed by atoms with Crippen molar-refractivity contribution in [1.29, 1.82) is 0 Å². The van der Waals surface area contributed by atoms with Gasteiger partial charge in [0.25, 0.3) is 0 Å². The van der Waals surface area contributed by atoms with E-state index >= 15 is 0 Å². The van der Waals surface area contributed by atoms with Gasteiger partial charge >= 0.3 is 5.97 Å². The van der Waals surface area contributed by atoms with Crippen molar-refractivity contribution < 1.29 is 17.9 Å². The van der Waals surface area contributed by atoms with Gasteiger partial charge in [-0.3, -0.25) is 0 Å². The number of rotatable bonds is 5. The highest BCUT2D eigenvalue weighted by Gasteiger charge is 2.18. The summed E-state index contributed by atoms with van der Waals surface area (Å²) >= 11 is 0. The Hall–Kier alpha value is -2.28. The Balaban J connectivity index is 2.37. The molecular formula is C17H22N2O4S. The zero-order valence-electron chi connectivity index (χ0n) is 14.3. The third-order valence-corrected chi connectivity index (χ3v) is 5.07. The molecule has 2 N–H and O–H groups in total. The summed E-state index contributed by atoms with van der Waals surface area (Å²) in [4.78, 5) is 12.2. The van der Waals surface area contributed by atoms with Gasteiger partial charge in [-0.15, -0.1) is 0 Å². The molecule has 0 saturated heterocycles.